The highest BCUT2D eigenvalue weighted by molar-refractivity contribution is 5.15. The van der Waals surface area contributed by atoms with E-state index in [1.165, 1.54) is 19.2 Å². The SMILES string of the molecule is CCCCO[C@@H]1[C@@H](CO)O[C@@H](n2ccc(=O)n(Cc3ccccc3)c2=O)[C@]1(C)F. The van der Waals surface area contributed by atoms with Crippen molar-refractivity contribution >= 4 is 0 Å². The summed E-state index contributed by atoms with van der Waals surface area (Å²) in [4.78, 5) is 25.3. The predicted octanol–water partition coefficient (Wildman–Crippen LogP) is 1.86. The molecule has 1 aliphatic heterocycles. The molecule has 158 valence electrons. The first-order chi connectivity index (χ1) is 13.9. The molecule has 1 fully saturated rings. The van der Waals surface area contributed by atoms with Crippen LogP contribution in [0.4, 0.5) is 4.39 Å². The van der Waals surface area contributed by atoms with Crippen molar-refractivity contribution in [1.82, 2.24) is 9.13 Å². The van der Waals surface area contributed by atoms with Gasteiger partial charge in [0.05, 0.1) is 13.2 Å². The highest BCUT2D eigenvalue weighted by Crippen LogP contribution is 2.42. The van der Waals surface area contributed by atoms with Gasteiger partial charge >= 0.3 is 5.69 Å². The highest BCUT2D eigenvalue weighted by atomic mass is 19.1. The van der Waals surface area contributed by atoms with E-state index in [0.29, 0.717) is 6.61 Å². The number of rotatable bonds is 8. The van der Waals surface area contributed by atoms with Gasteiger partial charge in [-0.2, -0.15) is 0 Å². The van der Waals surface area contributed by atoms with Crippen LogP contribution in [-0.4, -0.2) is 45.3 Å². The molecule has 0 spiro atoms. The molecule has 1 saturated heterocycles. The second-order valence-electron chi connectivity index (χ2n) is 7.42. The average molecular weight is 406 g/mol. The first kappa shape index (κ1) is 21.4. The Morgan fingerprint density at radius 1 is 1.24 bits per heavy atom. The third kappa shape index (κ3) is 4.34. The van der Waals surface area contributed by atoms with Crippen molar-refractivity contribution in [2.75, 3.05) is 13.2 Å². The Kier molecular flexibility index (Phi) is 6.66. The van der Waals surface area contributed by atoms with Gasteiger partial charge in [-0.25, -0.2) is 9.18 Å². The van der Waals surface area contributed by atoms with E-state index in [2.05, 4.69) is 0 Å². The van der Waals surface area contributed by atoms with Gasteiger partial charge in [0.1, 0.15) is 12.2 Å². The molecule has 0 amide bonds. The van der Waals surface area contributed by atoms with Crippen LogP contribution in [0.2, 0.25) is 0 Å². The number of hydrogen-bond acceptors (Lipinski definition) is 5. The van der Waals surface area contributed by atoms with Gasteiger partial charge in [0.15, 0.2) is 11.9 Å². The molecule has 1 aromatic carbocycles. The summed E-state index contributed by atoms with van der Waals surface area (Å²) in [6.45, 7) is 3.24. The quantitative estimate of drug-likeness (QED) is 0.677. The largest absolute Gasteiger partial charge is 0.394 e. The van der Waals surface area contributed by atoms with Crippen molar-refractivity contribution in [2.45, 2.75) is 57.3 Å². The number of aromatic nitrogens is 2. The summed E-state index contributed by atoms with van der Waals surface area (Å²) in [7, 11) is 0. The molecular weight excluding hydrogens is 379 g/mol. The van der Waals surface area contributed by atoms with Crippen LogP contribution in [-0.2, 0) is 16.0 Å². The number of ether oxygens (including phenoxy) is 2. The monoisotopic (exact) mass is 406 g/mol. The molecule has 0 aliphatic carbocycles. The van der Waals surface area contributed by atoms with E-state index in [0.717, 1.165) is 27.5 Å². The van der Waals surface area contributed by atoms with Gasteiger partial charge in [-0.05, 0) is 18.9 Å². The number of unbranched alkanes of at least 4 members (excludes halogenated alkanes) is 1. The molecule has 29 heavy (non-hydrogen) atoms. The lowest BCUT2D eigenvalue weighted by Crippen LogP contribution is -2.47. The van der Waals surface area contributed by atoms with E-state index < -0.39 is 42.0 Å². The van der Waals surface area contributed by atoms with Crippen LogP contribution >= 0.6 is 0 Å². The molecule has 2 heterocycles. The average Bonchev–Trinajstić information content (AvgIpc) is 2.96. The zero-order valence-corrected chi connectivity index (χ0v) is 16.7. The van der Waals surface area contributed by atoms with Gasteiger partial charge in [0.2, 0.25) is 0 Å². The van der Waals surface area contributed by atoms with E-state index >= 15 is 4.39 Å². The van der Waals surface area contributed by atoms with Crippen LogP contribution in [0.25, 0.3) is 0 Å². The van der Waals surface area contributed by atoms with E-state index in [9.17, 15) is 14.7 Å². The molecule has 0 unspecified atom stereocenters. The first-order valence-electron chi connectivity index (χ1n) is 9.82. The maximum atomic E-state index is 15.7. The Morgan fingerprint density at radius 3 is 2.62 bits per heavy atom. The molecule has 0 radical (unpaired) electrons. The van der Waals surface area contributed by atoms with Crippen LogP contribution in [0.3, 0.4) is 0 Å². The molecule has 1 aromatic heterocycles. The lowest BCUT2D eigenvalue weighted by Gasteiger charge is -2.28. The minimum Gasteiger partial charge on any atom is -0.394 e. The van der Waals surface area contributed by atoms with Crippen molar-refractivity contribution in [3.63, 3.8) is 0 Å². The number of aliphatic hydroxyl groups is 1. The number of nitrogens with zero attached hydrogens (tertiary/aromatic N) is 2. The van der Waals surface area contributed by atoms with E-state index in [-0.39, 0.29) is 6.54 Å². The van der Waals surface area contributed by atoms with Crippen molar-refractivity contribution < 1.29 is 19.0 Å². The fraction of sp³-hybridized carbons (Fsp3) is 0.524. The summed E-state index contributed by atoms with van der Waals surface area (Å²) in [5.74, 6) is 0. The highest BCUT2D eigenvalue weighted by Gasteiger charge is 2.56. The molecule has 1 aliphatic rings. The number of hydrogen-bond donors (Lipinski definition) is 1. The Labute approximate surface area is 168 Å². The third-order valence-electron chi connectivity index (χ3n) is 5.19. The summed E-state index contributed by atoms with van der Waals surface area (Å²) in [5.41, 5.74) is -2.46. The number of halogens is 1. The van der Waals surface area contributed by atoms with Crippen molar-refractivity contribution in [1.29, 1.82) is 0 Å². The molecule has 0 saturated carbocycles. The van der Waals surface area contributed by atoms with Crippen LogP contribution in [0, 0.1) is 0 Å². The fourth-order valence-corrected chi connectivity index (χ4v) is 3.60. The van der Waals surface area contributed by atoms with E-state index in [1.54, 1.807) is 12.1 Å². The number of benzene rings is 1. The lowest BCUT2D eigenvalue weighted by atomic mass is 9.98. The van der Waals surface area contributed by atoms with Crippen LogP contribution in [0.5, 0.6) is 0 Å². The minimum absolute atomic E-state index is 0.0644. The maximum absolute atomic E-state index is 15.7. The molecule has 1 N–H and O–H groups in total. The van der Waals surface area contributed by atoms with Crippen LogP contribution in [0.1, 0.15) is 38.5 Å². The normalized spacial score (nSPS) is 26.7. The zero-order chi connectivity index (χ0) is 21.0. The first-order valence-corrected chi connectivity index (χ1v) is 9.82. The van der Waals surface area contributed by atoms with Crippen LogP contribution in [0.15, 0.2) is 52.2 Å². The number of alkyl halides is 1. The maximum Gasteiger partial charge on any atom is 0.333 e. The molecule has 7 nitrogen and oxygen atoms in total. The Balaban J connectivity index is 1.94. The molecule has 4 atom stereocenters. The predicted molar refractivity (Wildman–Crippen MR) is 106 cm³/mol. The third-order valence-corrected chi connectivity index (χ3v) is 5.19. The second-order valence-corrected chi connectivity index (χ2v) is 7.42. The van der Waals surface area contributed by atoms with E-state index in [4.69, 9.17) is 9.47 Å². The zero-order valence-electron chi connectivity index (χ0n) is 16.7. The second kappa shape index (κ2) is 9.02. The molecule has 8 heteroatoms. The van der Waals surface area contributed by atoms with Crippen molar-refractivity contribution in [2.24, 2.45) is 0 Å². The summed E-state index contributed by atoms with van der Waals surface area (Å²) in [6, 6.07) is 10.3. The summed E-state index contributed by atoms with van der Waals surface area (Å²) in [6.07, 6.45) is -0.386. The molecular formula is C21H27FN2O5. The number of aliphatic hydroxyl groups excluding tert-OH is 1. The van der Waals surface area contributed by atoms with Gasteiger partial charge in [0, 0.05) is 18.9 Å². The Bertz CT molecular complexity index is 925. The van der Waals surface area contributed by atoms with Crippen molar-refractivity contribution in [3.05, 3.63) is 69.0 Å². The molecule has 2 aromatic rings. The lowest BCUT2D eigenvalue weighted by molar-refractivity contribution is -0.0628. The topological polar surface area (TPSA) is 82.7 Å². The smallest absolute Gasteiger partial charge is 0.333 e. The molecule has 0 bridgehead atoms. The van der Waals surface area contributed by atoms with Crippen molar-refractivity contribution in [3.8, 4) is 0 Å². The standard InChI is InChI=1S/C21H27FN2O5/c1-3-4-12-28-18-16(14-25)29-19(21(18,2)22)23-11-10-17(26)24(20(23)27)13-15-8-6-5-7-9-15/h5-11,16,18-19,25H,3-4,12-14H2,1-2H3/t16-,18-,19-,21-/m1/s1. The van der Waals surface area contributed by atoms with Gasteiger partial charge in [-0.15, -0.1) is 0 Å². The Hall–Kier alpha value is -2.29. The minimum atomic E-state index is -2.07. The summed E-state index contributed by atoms with van der Waals surface area (Å²) >= 11 is 0. The van der Waals surface area contributed by atoms with Gasteiger partial charge < -0.3 is 14.6 Å². The molecule has 3 rings (SSSR count). The van der Waals surface area contributed by atoms with Gasteiger partial charge in [0.25, 0.3) is 5.56 Å². The summed E-state index contributed by atoms with van der Waals surface area (Å²) < 4.78 is 29.2. The summed E-state index contributed by atoms with van der Waals surface area (Å²) in [5, 5.41) is 9.64. The van der Waals surface area contributed by atoms with Crippen LogP contribution < -0.4 is 11.2 Å². The van der Waals surface area contributed by atoms with E-state index in [1.807, 2.05) is 25.1 Å². The fourth-order valence-electron chi connectivity index (χ4n) is 3.60. The Morgan fingerprint density at radius 2 is 1.97 bits per heavy atom. The van der Waals surface area contributed by atoms with Gasteiger partial charge in [-0.3, -0.25) is 13.9 Å². The van der Waals surface area contributed by atoms with Gasteiger partial charge in [-0.1, -0.05) is 43.7 Å².